The van der Waals surface area contributed by atoms with Crippen LogP contribution < -0.4 is 10.1 Å². The molecule has 1 saturated heterocycles. The summed E-state index contributed by atoms with van der Waals surface area (Å²) in [6, 6.07) is 12.7. The minimum absolute atomic E-state index is 0.0715. The summed E-state index contributed by atoms with van der Waals surface area (Å²) in [5, 5.41) is 14.7. The third-order valence-corrected chi connectivity index (χ3v) is 6.00. The summed E-state index contributed by atoms with van der Waals surface area (Å²) in [5.74, 6) is 0.113. The highest BCUT2D eigenvalue weighted by atomic mass is 32.2. The van der Waals surface area contributed by atoms with Gasteiger partial charge in [0.25, 0.3) is 17.1 Å². The largest absolute Gasteiger partial charge is 0.480 e. The van der Waals surface area contributed by atoms with Crippen molar-refractivity contribution in [1.29, 1.82) is 0 Å². The van der Waals surface area contributed by atoms with Gasteiger partial charge in [-0.05, 0) is 35.9 Å². The van der Waals surface area contributed by atoms with Crippen molar-refractivity contribution < 1.29 is 19.1 Å². The zero-order valence-electron chi connectivity index (χ0n) is 18.6. The van der Waals surface area contributed by atoms with Gasteiger partial charge in [0, 0.05) is 19.2 Å². The molecule has 0 radical (unpaired) electrons. The lowest BCUT2D eigenvalue weighted by atomic mass is 10.2. The van der Waals surface area contributed by atoms with Crippen molar-refractivity contribution in [1.82, 2.24) is 30.2 Å². The van der Waals surface area contributed by atoms with Crippen molar-refractivity contribution in [2.24, 2.45) is 0 Å². The molecule has 1 aliphatic heterocycles. The number of amides is 3. The average Bonchev–Trinajstić information content (AvgIpc) is 3.41. The van der Waals surface area contributed by atoms with Crippen LogP contribution in [-0.2, 0) is 11.2 Å². The Morgan fingerprint density at radius 1 is 1.15 bits per heavy atom. The molecule has 0 spiro atoms. The quantitative estimate of drug-likeness (QED) is 0.491. The van der Waals surface area contributed by atoms with Gasteiger partial charge < -0.3 is 10.1 Å². The highest BCUT2D eigenvalue weighted by molar-refractivity contribution is 8.18. The van der Waals surface area contributed by atoms with Gasteiger partial charge in [-0.25, -0.2) is 4.68 Å². The first kappa shape index (κ1) is 23.2. The molecule has 1 aromatic carbocycles. The Kier molecular flexibility index (Phi) is 7.02. The third kappa shape index (κ3) is 4.84. The first-order valence-electron chi connectivity index (χ1n) is 10.6. The molecule has 0 atom stereocenters. The predicted octanol–water partition coefficient (Wildman–Crippen LogP) is 2.70. The van der Waals surface area contributed by atoms with Crippen molar-refractivity contribution in [3.8, 4) is 11.7 Å². The third-order valence-electron chi connectivity index (χ3n) is 5.09. The van der Waals surface area contributed by atoms with Gasteiger partial charge in [0.15, 0.2) is 5.82 Å². The van der Waals surface area contributed by atoms with Crippen molar-refractivity contribution in [2.75, 3.05) is 20.2 Å². The van der Waals surface area contributed by atoms with Gasteiger partial charge in [-0.2, -0.15) is 5.10 Å². The average molecular weight is 479 g/mol. The second-order valence-electron chi connectivity index (χ2n) is 7.20. The molecule has 10 nitrogen and oxygen atoms in total. The number of thioether (sulfide) groups is 1. The van der Waals surface area contributed by atoms with E-state index in [1.807, 2.05) is 37.3 Å². The molecule has 0 unspecified atom stereocenters. The molecule has 0 bridgehead atoms. The highest BCUT2D eigenvalue weighted by Crippen LogP contribution is 2.31. The number of rotatable bonds is 8. The molecule has 1 N–H and O–H groups in total. The summed E-state index contributed by atoms with van der Waals surface area (Å²) < 4.78 is 6.57. The molecule has 3 heterocycles. The molecule has 11 heteroatoms. The Balaban J connectivity index is 1.39. The topological polar surface area (TPSA) is 119 Å². The monoisotopic (exact) mass is 478 g/mol. The maximum absolute atomic E-state index is 12.8. The maximum Gasteiger partial charge on any atom is 0.293 e. The van der Waals surface area contributed by atoms with Crippen LogP contribution in [0.1, 0.15) is 28.5 Å². The highest BCUT2D eigenvalue weighted by Gasteiger charge is 2.34. The van der Waals surface area contributed by atoms with Crippen LogP contribution in [0.5, 0.6) is 5.88 Å². The standard InChI is InChI=1S/C23H22N6O4S/c1-3-17-16(14-25-29(17)19-9-10-20(33-2)27-26-19)21(30)24-11-12-28-22(31)18(34-23(28)32)13-15-7-5-4-6-8-15/h4-10,13-14H,3,11-12H2,1-2H3,(H,24,30)/b18-13-. The van der Waals surface area contributed by atoms with E-state index in [-0.39, 0.29) is 30.1 Å². The second-order valence-corrected chi connectivity index (χ2v) is 8.20. The Morgan fingerprint density at radius 3 is 2.62 bits per heavy atom. The fourth-order valence-corrected chi connectivity index (χ4v) is 4.27. The Bertz CT molecular complexity index is 1240. The van der Waals surface area contributed by atoms with Gasteiger partial charge in [-0.15, -0.1) is 10.2 Å². The lowest BCUT2D eigenvalue weighted by Crippen LogP contribution is -2.37. The van der Waals surface area contributed by atoms with Crippen LogP contribution in [0.15, 0.2) is 53.6 Å². The van der Waals surface area contributed by atoms with E-state index < -0.39 is 0 Å². The number of carbonyl (C=O) groups is 3. The molecular weight excluding hydrogens is 456 g/mol. The molecule has 4 rings (SSSR count). The molecule has 34 heavy (non-hydrogen) atoms. The number of nitrogens with zero attached hydrogens (tertiary/aromatic N) is 5. The lowest BCUT2D eigenvalue weighted by Gasteiger charge is -2.13. The van der Waals surface area contributed by atoms with Crippen LogP contribution in [0.3, 0.4) is 0 Å². The van der Waals surface area contributed by atoms with Crippen molar-refractivity contribution in [2.45, 2.75) is 13.3 Å². The smallest absolute Gasteiger partial charge is 0.293 e. The fourth-order valence-electron chi connectivity index (χ4n) is 3.41. The van der Waals surface area contributed by atoms with E-state index in [1.54, 1.807) is 22.9 Å². The number of ether oxygens (including phenoxy) is 1. The Hall–Kier alpha value is -3.99. The molecule has 1 aliphatic rings. The molecule has 0 aliphatic carbocycles. The normalized spacial score (nSPS) is 14.6. The number of hydrogen-bond acceptors (Lipinski definition) is 8. The number of nitrogens with one attached hydrogen (secondary N) is 1. The minimum atomic E-state index is -0.367. The predicted molar refractivity (Wildman–Crippen MR) is 127 cm³/mol. The van der Waals surface area contributed by atoms with Crippen LogP contribution in [0.2, 0.25) is 0 Å². The summed E-state index contributed by atoms with van der Waals surface area (Å²) in [6.07, 6.45) is 3.68. The SMILES string of the molecule is CCc1c(C(=O)NCCN2C(=O)S/C(=C\c3ccccc3)C2=O)cnn1-c1ccc(OC)nn1. The van der Waals surface area contributed by atoms with Gasteiger partial charge in [-0.3, -0.25) is 19.3 Å². The number of hydrogen-bond donors (Lipinski definition) is 1. The first-order chi connectivity index (χ1) is 16.5. The maximum atomic E-state index is 12.8. The minimum Gasteiger partial charge on any atom is -0.480 e. The summed E-state index contributed by atoms with van der Waals surface area (Å²) in [5.41, 5.74) is 1.89. The van der Waals surface area contributed by atoms with E-state index >= 15 is 0 Å². The number of imide groups is 1. The van der Waals surface area contributed by atoms with E-state index in [0.29, 0.717) is 34.3 Å². The lowest BCUT2D eigenvalue weighted by molar-refractivity contribution is -0.122. The molecule has 0 saturated carbocycles. The van der Waals surface area contributed by atoms with Crippen LogP contribution in [0.25, 0.3) is 11.9 Å². The number of carbonyl (C=O) groups excluding carboxylic acids is 3. The number of benzene rings is 1. The molecule has 174 valence electrons. The number of methoxy groups -OCH3 is 1. The van der Waals surface area contributed by atoms with Crippen molar-refractivity contribution in [3.63, 3.8) is 0 Å². The van der Waals surface area contributed by atoms with Crippen LogP contribution in [0, 0.1) is 0 Å². The Morgan fingerprint density at radius 2 is 1.94 bits per heavy atom. The van der Waals surface area contributed by atoms with Crippen molar-refractivity contribution in [3.05, 3.63) is 70.4 Å². The summed E-state index contributed by atoms with van der Waals surface area (Å²) in [7, 11) is 1.50. The molecule has 2 aromatic heterocycles. The van der Waals surface area contributed by atoms with Gasteiger partial charge in [-0.1, -0.05) is 37.3 Å². The summed E-state index contributed by atoms with van der Waals surface area (Å²) in [6.45, 7) is 2.09. The molecule has 3 aromatic rings. The fraction of sp³-hybridized carbons (Fsp3) is 0.217. The van der Waals surface area contributed by atoms with Gasteiger partial charge >= 0.3 is 0 Å². The van der Waals surface area contributed by atoms with E-state index in [1.165, 1.54) is 13.3 Å². The van der Waals surface area contributed by atoms with Crippen LogP contribution >= 0.6 is 11.8 Å². The van der Waals surface area contributed by atoms with Gasteiger partial charge in [0.05, 0.1) is 29.5 Å². The Labute approximate surface area is 200 Å². The van der Waals surface area contributed by atoms with E-state index in [4.69, 9.17) is 4.74 Å². The van der Waals surface area contributed by atoms with Gasteiger partial charge in [0.1, 0.15) is 0 Å². The van der Waals surface area contributed by atoms with Crippen LogP contribution in [0.4, 0.5) is 4.79 Å². The van der Waals surface area contributed by atoms with E-state index in [9.17, 15) is 14.4 Å². The summed E-state index contributed by atoms with van der Waals surface area (Å²) >= 11 is 0.892. The van der Waals surface area contributed by atoms with E-state index in [0.717, 1.165) is 22.2 Å². The van der Waals surface area contributed by atoms with E-state index in [2.05, 4.69) is 20.6 Å². The zero-order chi connectivity index (χ0) is 24.1. The molecular formula is C23H22N6O4S. The summed E-state index contributed by atoms with van der Waals surface area (Å²) in [4.78, 5) is 39.2. The van der Waals surface area contributed by atoms with Gasteiger partial charge in [0.2, 0.25) is 5.88 Å². The molecule has 3 amide bonds. The van der Waals surface area contributed by atoms with Crippen molar-refractivity contribution >= 4 is 34.9 Å². The number of aromatic nitrogens is 4. The second kappa shape index (κ2) is 10.3. The zero-order valence-corrected chi connectivity index (χ0v) is 19.4. The first-order valence-corrected chi connectivity index (χ1v) is 11.4. The van der Waals surface area contributed by atoms with Crippen LogP contribution in [-0.4, -0.2) is 62.1 Å². The molecule has 1 fully saturated rings.